The van der Waals surface area contributed by atoms with Crippen LogP contribution >= 0.6 is 23.2 Å². The molecule has 164 valence electrons. The van der Waals surface area contributed by atoms with Crippen LogP contribution in [0.5, 0.6) is 11.5 Å². The number of nitro benzene ring substituents is 1. The number of rotatable bonds is 8. The van der Waals surface area contributed by atoms with Gasteiger partial charge in [0.05, 0.1) is 28.3 Å². The van der Waals surface area contributed by atoms with E-state index in [-0.39, 0.29) is 17.3 Å². The van der Waals surface area contributed by atoms with Gasteiger partial charge in [-0.15, -0.1) is 0 Å². The van der Waals surface area contributed by atoms with Crippen molar-refractivity contribution in [2.45, 2.75) is 6.61 Å². The van der Waals surface area contributed by atoms with Crippen molar-refractivity contribution in [2.75, 3.05) is 7.11 Å². The standard InChI is InChI=1S/C22H17Cl2N3O5/c1-31-21-10-15(12-25-26-22(28)16-5-8-18(23)19(24)11-16)4-9-20(21)32-13-14-2-6-17(7-3-14)27(29)30/h2-12H,13H2,1H3,(H,26,28)/b25-12-. The number of non-ortho nitro benzene ring substituents is 1. The van der Waals surface area contributed by atoms with E-state index in [4.69, 9.17) is 32.7 Å². The van der Waals surface area contributed by atoms with Crippen molar-refractivity contribution in [1.29, 1.82) is 0 Å². The summed E-state index contributed by atoms with van der Waals surface area (Å²) in [5.41, 5.74) is 4.19. The minimum absolute atomic E-state index is 0.0150. The van der Waals surface area contributed by atoms with Gasteiger partial charge in [0.2, 0.25) is 0 Å². The van der Waals surface area contributed by atoms with Crippen LogP contribution in [-0.2, 0) is 6.61 Å². The smallest absolute Gasteiger partial charge is 0.271 e. The first-order valence-electron chi connectivity index (χ1n) is 9.20. The van der Waals surface area contributed by atoms with Gasteiger partial charge < -0.3 is 9.47 Å². The van der Waals surface area contributed by atoms with Gasteiger partial charge >= 0.3 is 0 Å². The van der Waals surface area contributed by atoms with Crippen molar-refractivity contribution >= 4 is 41.0 Å². The number of nitrogens with one attached hydrogen (secondary N) is 1. The Bertz CT molecular complexity index is 1170. The summed E-state index contributed by atoms with van der Waals surface area (Å²) in [4.78, 5) is 22.4. The van der Waals surface area contributed by atoms with Crippen molar-refractivity contribution in [1.82, 2.24) is 5.43 Å². The molecule has 8 nitrogen and oxygen atoms in total. The fourth-order valence-corrected chi connectivity index (χ4v) is 2.92. The molecule has 0 aliphatic rings. The van der Waals surface area contributed by atoms with Gasteiger partial charge in [-0.05, 0) is 59.7 Å². The lowest BCUT2D eigenvalue weighted by Crippen LogP contribution is -2.17. The van der Waals surface area contributed by atoms with Crippen LogP contribution in [0.1, 0.15) is 21.5 Å². The molecule has 0 saturated heterocycles. The van der Waals surface area contributed by atoms with Crippen LogP contribution in [0, 0.1) is 10.1 Å². The second-order valence-electron chi connectivity index (χ2n) is 6.45. The third-order valence-corrected chi connectivity index (χ3v) is 5.03. The molecule has 3 aromatic carbocycles. The molecule has 10 heteroatoms. The zero-order valence-corrected chi connectivity index (χ0v) is 18.3. The van der Waals surface area contributed by atoms with Gasteiger partial charge in [-0.2, -0.15) is 5.10 Å². The molecule has 0 aliphatic carbocycles. The zero-order chi connectivity index (χ0) is 23.1. The Morgan fingerprint density at radius 1 is 1.06 bits per heavy atom. The maximum absolute atomic E-state index is 12.1. The predicted molar refractivity (Wildman–Crippen MR) is 122 cm³/mol. The van der Waals surface area contributed by atoms with E-state index in [9.17, 15) is 14.9 Å². The first-order valence-corrected chi connectivity index (χ1v) is 9.95. The average Bonchev–Trinajstić information content (AvgIpc) is 2.80. The number of nitro groups is 1. The first kappa shape index (κ1) is 23.1. The van der Waals surface area contributed by atoms with Crippen molar-refractivity contribution in [2.24, 2.45) is 5.10 Å². The molecular formula is C22H17Cl2N3O5. The van der Waals surface area contributed by atoms with Crippen LogP contribution in [0.25, 0.3) is 0 Å². The summed E-state index contributed by atoms with van der Waals surface area (Å²) >= 11 is 11.8. The molecule has 0 saturated carbocycles. The lowest BCUT2D eigenvalue weighted by Gasteiger charge is -2.11. The summed E-state index contributed by atoms with van der Waals surface area (Å²) in [5.74, 6) is 0.518. The number of hydrogen-bond donors (Lipinski definition) is 1. The number of nitrogens with zero attached hydrogens (tertiary/aromatic N) is 2. The highest BCUT2D eigenvalue weighted by atomic mass is 35.5. The van der Waals surface area contributed by atoms with Crippen LogP contribution in [0.2, 0.25) is 10.0 Å². The summed E-state index contributed by atoms with van der Waals surface area (Å²) < 4.78 is 11.1. The highest BCUT2D eigenvalue weighted by Crippen LogP contribution is 2.28. The Morgan fingerprint density at radius 3 is 2.47 bits per heavy atom. The third kappa shape index (κ3) is 5.96. The van der Waals surface area contributed by atoms with E-state index in [0.717, 1.165) is 5.56 Å². The molecule has 0 bridgehead atoms. The maximum atomic E-state index is 12.1. The fraction of sp³-hybridized carbons (Fsp3) is 0.0909. The minimum atomic E-state index is -0.457. The van der Waals surface area contributed by atoms with E-state index in [1.54, 1.807) is 36.4 Å². The normalized spacial score (nSPS) is 10.7. The quantitative estimate of drug-likeness (QED) is 0.273. The molecule has 32 heavy (non-hydrogen) atoms. The third-order valence-electron chi connectivity index (χ3n) is 4.29. The molecule has 0 fully saturated rings. The molecule has 3 rings (SSSR count). The van der Waals surface area contributed by atoms with Crippen LogP contribution < -0.4 is 14.9 Å². The maximum Gasteiger partial charge on any atom is 0.271 e. The van der Waals surface area contributed by atoms with Crippen molar-refractivity contribution in [3.8, 4) is 11.5 Å². The number of ether oxygens (including phenoxy) is 2. The summed E-state index contributed by atoms with van der Waals surface area (Å²) in [6, 6.07) is 15.7. The average molecular weight is 474 g/mol. The molecule has 0 atom stereocenters. The Kier molecular flexibility index (Phi) is 7.64. The number of halogens is 2. The molecule has 1 N–H and O–H groups in total. The highest BCUT2D eigenvalue weighted by Gasteiger charge is 2.09. The number of carbonyl (C=O) groups is 1. The van der Waals surface area contributed by atoms with Crippen LogP contribution in [0.4, 0.5) is 5.69 Å². The van der Waals surface area contributed by atoms with Crippen LogP contribution in [-0.4, -0.2) is 24.2 Å². The van der Waals surface area contributed by atoms with E-state index in [1.165, 1.54) is 37.6 Å². The van der Waals surface area contributed by atoms with Gasteiger partial charge in [0.25, 0.3) is 11.6 Å². The highest BCUT2D eigenvalue weighted by molar-refractivity contribution is 6.42. The van der Waals surface area contributed by atoms with E-state index >= 15 is 0 Å². The number of hydrazone groups is 1. The summed E-state index contributed by atoms with van der Waals surface area (Å²) in [6.07, 6.45) is 1.46. The van der Waals surface area contributed by atoms with E-state index < -0.39 is 10.8 Å². The number of benzene rings is 3. The minimum Gasteiger partial charge on any atom is -0.493 e. The summed E-state index contributed by atoms with van der Waals surface area (Å²) in [6.45, 7) is 0.210. The Balaban J connectivity index is 1.62. The Hall–Kier alpha value is -3.62. The summed E-state index contributed by atoms with van der Waals surface area (Å²) in [5, 5.41) is 15.3. The number of amides is 1. The topological polar surface area (TPSA) is 103 Å². The fourth-order valence-electron chi connectivity index (χ4n) is 2.63. The lowest BCUT2D eigenvalue weighted by molar-refractivity contribution is -0.384. The molecular weight excluding hydrogens is 457 g/mol. The number of carbonyl (C=O) groups excluding carboxylic acids is 1. The van der Waals surface area contributed by atoms with Gasteiger partial charge in [-0.1, -0.05) is 23.2 Å². The van der Waals surface area contributed by atoms with Gasteiger partial charge in [-0.3, -0.25) is 14.9 Å². The Morgan fingerprint density at radius 2 is 1.81 bits per heavy atom. The van der Waals surface area contributed by atoms with Crippen molar-refractivity contribution in [3.63, 3.8) is 0 Å². The molecule has 0 unspecified atom stereocenters. The molecule has 0 aromatic heterocycles. The van der Waals surface area contributed by atoms with Crippen molar-refractivity contribution < 1.29 is 19.2 Å². The van der Waals surface area contributed by atoms with Gasteiger partial charge in [-0.25, -0.2) is 5.43 Å². The molecule has 0 spiro atoms. The molecule has 3 aromatic rings. The SMILES string of the molecule is COc1cc(/C=N\NC(=O)c2ccc(Cl)c(Cl)c2)ccc1OCc1ccc([N+](=O)[O-])cc1. The molecule has 0 heterocycles. The van der Waals surface area contributed by atoms with E-state index in [2.05, 4.69) is 10.5 Å². The lowest BCUT2D eigenvalue weighted by atomic mass is 10.2. The van der Waals surface area contributed by atoms with Crippen molar-refractivity contribution in [3.05, 3.63) is 97.5 Å². The monoisotopic (exact) mass is 473 g/mol. The zero-order valence-electron chi connectivity index (χ0n) is 16.7. The molecule has 0 radical (unpaired) electrons. The second-order valence-corrected chi connectivity index (χ2v) is 7.26. The largest absolute Gasteiger partial charge is 0.493 e. The number of methoxy groups -OCH3 is 1. The first-order chi connectivity index (χ1) is 15.4. The predicted octanol–water partition coefficient (Wildman–Crippen LogP) is 5.25. The Labute approximate surface area is 193 Å². The van der Waals surface area contributed by atoms with Crippen LogP contribution in [0.15, 0.2) is 65.8 Å². The molecule has 0 aliphatic heterocycles. The number of hydrogen-bond acceptors (Lipinski definition) is 6. The van der Waals surface area contributed by atoms with Crippen LogP contribution in [0.3, 0.4) is 0 Å². The molecule has 1 amide bonds. The van der Waals surface area contributed by atoms with Gasteiger partial charge in [0.1, 0.15) is 6.61 Å². The van der Waals surface area contributed by atoms with E-state index in [0.29, 0.717) is 27.6 Å². The van der Waals surface area contributed by atoms with Gasteiger partial charge in [0.15, 0.2) is 11.5 Å². The summed E-state index contributed by atoms with van der Waals surface area (Å²) in [7, 11) is 1.50. The van der Waals surface area contributed by atoms with Gasteiger partial charge in [0, 0.05) is 17.7 Å². The second kappa shape index (κ2) is 10.6. The van der Waals surface area contributed by atoms with E-state index in [1.807, 2.05) is 0 Å².